The lowest BCUT2D eigenvalue weighted by Gasteiger charge is -2.21. The minimum atomic E-state index is -0.270. The quantitative estimate of drug-likeness (QED) is 0.699. The predicted octanol–water partition coefficient (Wildman–Crippen LogP) is 3.18. The number of rotatable bonds is 6. The minimum absolute atomic E-state index is 0.108. The molecule has 2 N–H and O–H groups in total. The van der Waals surface area contributed by atoms with Crippen LogP contribution in [0.4, 0.5) is 10.5 Å². The number of aryl methyl sites for hydroxylation is 1. The average molecular weight is 365 g/mol. The Labute approximate surface area is 158 Å². The van der Waals surface area contributed by atoms with Crippen molar-refractivity contribution in [2.45, 2.75) is 26.3 Å². The number of carbonyl (C=O) groups is 1. The lowest BCUT2D eigenvalue weighted by molar-refractivity contribution is 0.246. The molecule has 0 saturated heterocycles. The maximum Gasteiger partial charge on any atom is 0.319 e. The predicted molar refractivity (Wildman–Crippen MR) is 103 cm³/mol. The first kappa shape index (κ1) is 18.5. The number of carbonyl (C=O) groups excluding carboxylic acids is 1. The van der Waals surface area contributed by atoms with E-state index < -0.39 is 0 Å². The molecule has 0 aliphatic heterocycles. The smallest absolute Gasteiger partial charge is 0.319 e. The summed E-state index contributed by atoms with van der Waals surface area (Å²) in [5.74, 6) is 0.941. The molecule has 0 aliphatic rings. The molecule has 1 aromatic carbocycles. The molecular formula is C19H23N7O. The molecule has 0 radical (unpaired) electrons. The maximum absolute atomic E-state index is 12.5. The third-order valence-corrected chi connectivity index (χ3v) is 3.99. The summed E-state index contributed by atoms with van der Waals surface area (Å²) in [4.78, 5) is 18.1. The van der Waals surface area contributed by atoms with Gasteiger partial charge in [0.25, 0.3) is 0 Å². The second kappa shape index (κ2) is 8.39. The maximum atomic E-state index is 12.5. The van der Waals surface area contributed by atoms with Crippen LogP contribution in [0.5, 0.6) is 0 Å². The molecule has 0 unspecified atom stereocenters. The standard InChI is InChI=1S/C19H23N7O/c1-13(2)10-17(15-7-5-9-20-12-15)22-19(27)21-16-8-4-6-14(11-16)18-23-25-26(3)24-18/h4-9,11-13,17H,10H2,1-3H3,(H2,21,22,27)/t17-/m1/s1. The number of benzene rings is 1. The molecule has 140 valence electrons. The van der Waals surface area contributed by atoms with Gasteiger partial charge in [0.1, 0.15) is 0 Å². The zero-order chi connectivity index (χ0) is 19.2. The zero-order valence-electron chi connectivity index (χ0n) is 15.6. The van der Waals surface area contributed by atoms with Crippen LogP contribution in [0.1, 0.15) is 31.9 Å². The van der Waals surface area contributed by atoms with Crippen LogP contribution >= 0.6 is 0 Å². The van der Waals surface area contributed by atoms with E-state index in [1.165, 1.54) is 4.80 Å². The van der Waals surface area contributed by atoms with Gasteiger partial charge in [-0.05, 0) is 41.3 Å². The normalized spacial score (nSPS) is 12.0. The average Bonchev–Trinajstić information content (AvgIpc) is 3.08. The van der Waals surface area contributed by atoms with Gasteiger partial charge in [-0.1, -0.05) is 32.0 Å². The first-order chi connectivity index (χ1) is 13.0. The first-order valence-electron chi connectivity index (χ1n) is 8.83. The summed E-state index contributed by atoms with van der Waals surface area (Å²) in [6, 6.07) is 10.8. The Balaban J connectivity index is 1.70. The van der Waals surface area contributed by atoms with Crippen LogP contribution in [-0.4, -0.2) is 31.2 Å². The van der Waals surface area contributed by atoms with Gasteiger partial charge in [-0.25, -0.2) is 4.79 Å². The van der Waals surface area contributed by atoms with E-state index in [2.05, 4.69) is 44.9 Å². The monoisotopic (exact) mass is 365 g/mol. The molecule has 0 aliphatic carbocycles. The van der Waals surface area contributed by atoms with Gasteiger partial charge in [0.2, 0.25) is 5.82 Å². The van der Waals surface area contributed by atoms with Gasteiger partial charge in [0.05, 0.1) is 13.1 Å². The Morgan fingerprint density at radius 1 is 1.22 bits per heavy atom. The van der Waals surface area contributed by atoms with Crippen molar-refractivity contribution in [3.63, 3.8) is 0 Å². The second-order valence-corrected chi connectivity index (χ2v) is 6.75. The molecule has 27 heavy (non-hydrogen) atoms. The Morgan fingerprint density at radius 2 is 2.07 bits per heavy atom. The van der Waals surface area contributed by atoms with Crippen molar-refractivity contribution < 1.29 is 4.79 Å². The molecule has 8 nitrogen and oxygen atoms in total. The summed E-state index contributed by atoms with van der Waals surface area (Å²) in [5, 5.41) is 17.9. The second-order valence-electron chi connectivity index (χ2n) is 6.75. The van der Waals surface area contributed by atoms with E-state index in [0.29, 0.717) is 17.4 Å². The largest absolute Gasteiger partial charge is 0.331 e. The lowest BCUT2D eigenvalue weighted by Crippen LogP contribution is -2.33. The van der Waals surface area contributed by atoms with Crippen LogP contribution in [0, 0.1) is 5.92 Å². The van der Waals surface area contributed by atoms with Crippen LogP contribution in [0.2, 0.25) is 0 Å². The van der Waals surface area contributed by atoms with E-state index in [4.69, 9.17) is 0 Å². The van der Waals surface area contributed by atoms with Crippen molar-refractivity contribution in [1.82, 2.24) is 30.5 Å². The van der Waals surface area contributed by atoms with Crippen molar-refractivity contribution in [3.05, 3.63) is 54.4 Å². The fourth-order valence-corrected chi connectivity index (χ4v) is 2.79. The highest BCUT2D eigenvalue weighted by atomic mass is 16.2. The van der Waals surface area contributed by atoms with Gasteiger partial charge in [0, 0.05) is 23.6 Å². The van der Waals surface area contributed by atoms with Crippen LogP contribution in [0.25, 0.3) is 11.4 Å². The van der Waals surface area contributed by atoms with Crippen molar-refractivity contribution in [2.24, 2.45) is 13.0 Å². The highest BCUT2D eigenvalue weighted by molar-refractivity contribution is 5.90. The minimum Gasteiger partial charge on any atom is -0.331 e. The SMILES string of the molecule is CC(C)C[C@@H](NC(=O)Nc1cccc(-c2nnn(C)n2)c1)c1cccnc1. The topological polar surface area (TPSA) is 97.6 Å². The van der Waals surface area contributed by atoms with Gasteiger partial charge < -0.3 is 10.6 Å². The molecule has 1 atom stereocenters. The molecule has 2 amide bonds. The fraction of sp³-hybridized carbons (Fsp3) is 0.316. The molecular weight excluding hydrogens is 342 g/mol. The van der Waals surface area contributed by atoms with Crippen molar-refractivity contribution in [3.8, 4) is 11.4 Å². The number of pyridine rings is 1. The summed E-state index contributed by atoms with van der Waals surface area (Å²) >= 11 is 0. The number of hydrogen-bond donors (Lipinski definition) is 2. The fourth-order valence-electron chi connectivity index (χ4n) is 2.79. The Morgan fingerprint density at radius 3 is 2.74 bits per heavy atom. The number of hydrogen-bond acceptors (Lipinski definition) is 5. The van der Waals surface area contributed by atoms with E-state index in [-0.39, 0.29) is 12.1 Å². The van der Waals surface area contributed by atoms with Crippen LogP contribution in [0.15, 0.2) is 48.8 Å². The molecule has 3 aromatic rings. The Bertz CT molecular complexity index is 892. The van der Waals surface area contributed by atoms with Crippen LogP contribution < -0.4 is 10.6 Å². The van der Waals surface area contributed by atoms with E-state index in [0.717, 1.165) is 17.5 Å². The third kappa shape index (κ3) is 5.10. The molecule has 3 rings (SSSR count). The third-order valence-electron chi connectivity index (χ3n) is 3.99. The number of tetrazole rings is 1. The van der Waals surface area contributed by atoms with E-state index in [9.17, 15) is 4.79 Å². The highest BCUT2D eigenvalue weighted by Crippen LogP contribution is 2.22. The number of nitrogens with one attached hydrogen (secondary N) is 2. The summed E-state index contributed by atoms with van der Waals surface area (Å²) in [7, 11) is 1.71. The number of aromatic nitrogens is 5. The highest BCUT2D eigenvalue weighted by Gasteiger charge is 2.16. The number of nitrogens with zero attached hydrogens (tertiary/aromatic N) is 5. The molecule has 0 saturated carbocycles. The summed E-state index contributed by atoms with van der Waals surface area (Å²) in [6.07, 6.45) is 4.33. The number of urea groups is 1. The van der Waals surface area contributed by atoms with Gasteiger partial charge in [-0.3, -0.25) is 4.98 Å². The summed E-state index contributed by atoms with van der Waals surface area (Å²) in [6.45, 7) is 4.25. The van der Waals surface area contributed by atoms with Crippen molar-refractivity contribution in [1.29, 1.82) is 0 Å². The first-order valence-corrected chi connectivity index (χ1v) is 8.83. The van der Waals surface area contributed by atoms with E-state index >= 15 is 0 Å². The molecule has 0 spiro atoms. The van der Waals surface area contributed by atoms with Crippen LogP contribution in [0.3, 0.4) is 0 Å². The van der Waals surface area contributed by atoms with Crippen molar-refractivity contribution in [2.75, 3.05) is 5.32 Å². The number of amides is 2. The van der Waals surface area contributed by atoms with Gasteiger partial charge in [-0.2, -0.15) is 4.80 Å². The Hall–Kier alpha value is -3.29. The lowest BCUT2D eigenvalue weighted by atomic mass is 9.98. The molecule has 2 heterocycles. The number of anilines is 1. The van der Waals surface area contributed by atoms with Gasteiger partial charge in [0.15, 0.2) is 0 Å². The van der Waals surface area contributed by atoms with Gasteiger partial charge in [-0.15, -0.1) is 10.2 Å². The van der Waals surface area contributed by atoms with Gasteiger partial charge >= 0.3 is 6.03 Å². The van der Waals surface area contributed by atoms with E-state index in [1.807, 2.05) is 36.4 Å². The summed E-state index contributed by atoms with van der Waals surface area (Å²) in [5.41, 5.74) is 2.43. The zero-order valence-corrected chi connectivity index (χ0v) is 15.6. The molecule has 0 bridgehead atoms. The molecule has 2 aromatic heterocycles. The summed E-state index contributed by atoms with van der Waals surface area (Å²) < 4.78 is 0. The van der Waals surface area contributed by atoms with Crippen molar-refractivity contribution >= 4 is 11.7 Å². The molecule has 0 fully saturated rings. The van der Waals surface area contributed by atoms with Crippen LogP contribution in [-0.2, 0) is 7.05 Å². The van der Waals surface area contributed by atoms with E-state index in [1.54, 1.807) is 19.4 Å². The molecule has 8 heteroatoms. The Kier molecular flexibility index (Phi) is 5.75.